The summed E-state index contributed by atoms with van der Waals surface area (Å²) in [5.74, 6) is 1.07. The molecule has 4 rings (SSSR count). The molecular formula is C18H17N5O. The van der Waals surface area contributed by atoms with Crippen molar-refractivity contribution in [3.05, 3.63) is 48.0 Å². The largest absolute Gasteiger partial charge is 0.334 e. The molecule has 0 radical (unpaired) electrons. The molecule has 0 aliphatic rings. The molecule has 4 aromatic rings. The highest BCUT2D eigenvalue weighted by molar-refractivity contribution is 5.80. The molecule has 0 unspecified atom stereocenters. The van der Waals surface area contributed by atoms with Gasteiger partial charge in [0.2, 0.25) is 5.82 Å². The Bertz CT molecular complexity index is 1020. The Morgan fingerprint density at radius 2 is 1.92 bits per heavy atom. The highest BCUT2D eigenvalue weighted by Gasteiger charge is 2.14. The summed E-state index contributed by atoms with van der Waals surface area (Å²) in [6.07, 6.45) is 0. The predicted octanol–water partition coefficient (Wildman–Crippen LogP) is 4.04. The lowest BCUT2D eigenvalue weighted by Gasteiger charge is -2.04. The molecular weight excluding hydrogens is 302 g/mol. The minimum absolute atomic E-state index is 0.261. The Kier molecular flexibility index (Phi) is 3.37. The van der Waals surface area contributed by atoms with Gasteiger partial charge in [-0.15, -0.1) is 5.10 Å². The number of hydrogen-bond acceptors (Lipinski definition) is 5. The standard InChI is InChI=1S/C18H17N5O/c1-11(2)23-16-9-8-13(10-15(16)20-22-23)18-19-17(21-24-18)14-7-5-4-6-12(14)3/h4-11H,1-3H3. The van der Waals surface area contributed by atoms with Gasteiger partial charge in [-0.05, 0) is 44.5 Å². The molecule has 0 bridgehead atoms. The van der Waals surface area contributed by atoms with Crippen LogP contribution in [-0.2, 0) is 0 Å². The van der Waals surface area contributed by atoms with E-state index in [1.807, 2.05) is 54.1 Å². The molecule has 0 aliphatic carbocycles. The fourth-order valence-corrected chi connectivity index (χ4v) is 2.73. The third-order valence-electron chi connectivity index (χ3n) is 4.02. The molecule has 0 saturated heterocycles. The summed E-state index contributed by atoms with van der Waals surface area (Å²) in [5.41, 5.74) is 4.73. The first-order valence-electron chi connectivity index (χ1n) is 7.88. The summed E-state index contributed by atoms with van der Waals surface area (Å²) in [5, 5.41) is 12.5. The predicted molar refractivity (Wildman–Crippen MR) is 91.4 cm³/mol. The van der Waals surface area contributed by atoms with Crippen LogP contribution in [0.15, 0.2) is 47.0 Å². The SMILES string of the molecule is Cc1ccccc1-c1noc(-c2ccc3c(c2)nnn3C(C)C)n1. The summed E-state index contributed by atoms with van der Waals surface area (Å²) in [6.45, 7) is 6.19. The molecule has 120 valence electrons. The van der Waals surface area contributed by atoms with Crippen LogP contribution >= 0.6 is 0 Å². The Morgan fingerprint density at radius 1 is 1.08 bits per heavy atom. The zero-order chi connectivity index (χ0) is 16.7. The molecule has 0 atom stereocenters. The second kappa shape index (κ2) is 5.56. The van der Waals surface area contributed by atoms with E-state index >= 15 is 0 Å². The monoisotopic (exact) mass is 319 g/mol. The third kappa shape index (κ3) is 2.36. The molecule has 0 saturated carbocycles. The van der Waals surface area contributed by atoms with Crippen LogP contribution in [0.4, 0.5) is 0 Å². The lowest BCUT2D eigenvalue weighted by atomic mass is 10.1. The van der Waals surface area contributed by atoms with Gasteiger partial charge in [-0.25, -0.2) is 4.68 Å². The first-order chi connectivity index (χ1) is 11.6. The second-order valence-corrected chi connectivity index (χ2v) is 6.07. The van der Waals surface area contributed by atoms with Gasteiger partial charge in [0.05, 0.1) is 5.52 Å². The van der Waals surface area contributed by atoms with Crippen molar-refractivity contribution in [3.63, 3.8) is 0 Å². The summed E-state index contributed by atoms with van der Waals surface area (Å²) in [4.78, 5) is 4.53. The van der Waals surface area contributed by atoms with E-state index < -0.39 is 0 Å². The van der Waals surface area contributed by atoms with Gasteiger partial charge < -0.3 is 4.52 Å². The Morgan fingerprint density at radius 3 is 2.71 bits per heavy atom. The van der Waals surface area contributed by atoms with Gasteiger partial charge in [-0.1, -0.05) is 34.6 Å². The van der Waals surface area contributed by atoms with E-state index in [4.69, 9.17) is 4.52 Å². The van der Waals surface area contributed by atoms with E-state index in [1.54, 1.807) is 0 Å². The molecule has 0 fully saturated rings. The van der Waals surface area contributed by atoms with Crippen molar-refractivity contribution >= 4 is 11.0 Å². The fourth-order valence-electron chi connectivity index (χ4n) is 2.73. The van der Waals surface area contributed by atoms with E-state index in [0.29, 0.717) is 11.7 Å². The highest BCUT2D eigenvalue weighted by Crippen LogP contribution is 2.26. The smallest absolute Gasteiger partial charge is 0.258 e. The van der Waals surface area contributed by atoms with Crippen LogP contribution in [0.5, 0.6) is 0 Å². The molecule has 0 aliphatic heterocycles. The molecule has 2 aromatic carbocycles. The highest BCUT2D eigenvalue weighted by atomic mass is 16.5. The average molecular weight is 319 g/mol. The lowest BCUT2D eigenvalue weighted by Crippen LogP contribution is -2.02. The van der Waals surface area contributed by atoms with Gasteiger partial charge in [-0.2, -0.15) is 4.98 Å². The third-order valence-corrected chi connectivity index (χ3v) is 4.02. The molecule has 6 heteroatoms. The van der Waals surface area contributed by atoms with Crippen molar-refractivity contribution in [2.24, 2.45) is 0 Å². The molecule has 0 spiro atoms. The minimum Gasteiger partial charge on any atom is -0.334 e. The van der Waals surface area contributed by atoms with Crippen LogP contribution in [-0.4, -0.2) is 25.1 Å². The fraction of sp³-hybridized carbons (Fsp3) is 0.222. The van der Waals surface area contributed by atoms with Crippen LogP contribution in [0.3, 0.4) is 0 Å². The first-order valence-corrected chi connectivity index (χ1v) is 7.88. The van der Waals surface area contributed by atoms with Crippen LogP contribution in [0, 0.1) is 6.92 Å². The maximum absolute atomic E-state index is 5.45. The second-order valence-electron chi connectivity index (χ2n) is 6.07. The van der Waals surface area contributed by atoms with Crippen LogP contribution in [0.25, 0.3) is 33.9 Å². The van der Waals surface area contributed by atoms with Gasteiger partial charge >= 0.3 is 0 Å². The van der Waals surface area contributed by atoms with E-state index in [9.17, 15) is 0 Å². The van der Waals surface area contributed by atoms with Gasteiger partial charge in [0.1, 0.15) is 5.52 Å². The van der Waals surface area contributed by atoms with Crippen molar-refractivity contribution < 1.29 is 4.52 Å². The summed E-state index contributed by atoms with van der Waals surface area (Å²) >= 11 is 0. The van der Waals surface area contributed by atoms with Crippen LogP contribution in [0.2, 0.25) is 0 Å². The van der Waals surface area contributed by atoms with Crippen LogP contribution in [0.1, 0.15) is 25.5 Å². The van der Waals surface area contributed by atoms with E-state index in [-0.39, 0.29) is 6.04 Å². The van der Waals surface area contributed by atoms with E-state index in [0.717, 1.165) is 27.7 Å². The number of aromatic nitrogens is 5. The average Bonchev–Trinajstić information content (AvgIpc) is 3.21. The number of nitrogens with zero attached hydrogens (tertiary/aromatic N) is 5. The molecule has 0 amide bonds. The number of fused-ring (bicyclic) bond motifs is 1. The Labute approximate surface area is 139 Å². The zero-order valence-electron chi connectivity index (χ0n) is 13.8. The van der Waals surface area contributed by atoms with E-state index in [2.05, 4.69) is 34.3 Å². The Hall–Kier alpha value is -3.02. The van der Waals surface area contributed by atoms with Crippen molar-refractivity contribution in [2.75, 3.05) is 0 Å². The zero-order valence-corrected chi connectivity index (χ0v) is 13.8. The number of rotatable bonds is 3. The molecule has 6 nitrogen and oxygen atoms in total. The molecule has 2 heterocycles. The van der Waals surface area contributed by atoms with Crippen molar-refractivity contribution in [3.8, 4) is 22.8 Å². The summed E-state index contributed by atoms with van der Waals surface area (Å²) in [7, 11) is 0. The molecule has 24 heavy (non-hydrogen) atoms. The van der Waals surface area contributed by atoms with Crippen molar-refractivity contribution in [1.82, 2.24) is 25.1 Å². The first kappa shape index (κ1) is 14.6. The van der Waals surface area contributed by atoms with Crippen molar-refractivity contribution in [2.45, 2.75) is 26.8 Å². The van der Waals surface area contributed by atoms with Crippen molar-refractivity contribution in [1.29, 1.82) is 0 Å². The van der Waals surface area contributed by atoms with Gasteiger partial charge in [0.25, 0.3) is 5.89 Å². The van der Waals surface area contributed by atoms with Crippen LogP contribution < -0.4 is 0 Å². The van der Waals surface area contributed by atoms with Gasteiger partial charge in [0, 0.05) is 17.2 Å². The lowest BCUT2D eigenvalue weighted by molar-refractivity contribution is 0.432. The summed E-state index contributed by atoms with van der Waals surface area (Å²) < 4.78 is 7.34. The maximum Gasteiger partial charge on any atom is 0.258 e. The molecule has 2 aromatic heterocycles. The number of aryl methyl sites for hydroxylation is 1. The maximum atomic E-state index is 5.45. The van der Waals surface area contributed by atoms with Gasteiger partial charge in [-0.3, -0.25) is 0 Å². The number of hydrogen-bond donors (Lipinski definition) is 0. The normalized spacial score (nSPS) is 11.5. The topological polar surface area (TPSA) is 69.6 Å². The summed E-state index contributed by atoms with van der Waals surface area (Å²) in [6, 6.07) is 14.1. The number of benzene rings is 2. The quantitative estimate of drug-likeness (QED) is 0.570. The molecule has 0 N–H and O–H groups in total. The Balaban J connectivity index is 1.75. The minimum atomic E-state index is 0.261. The van der Waals surface area contributed by atoms with E-state index in [1.165, 1.54) is 0 Å². The van der Waals surface area contributed by atoms with Gasteiger partial charge in [0.15, 0.2) is 0 Å².